The average Bonchev–Trinajstić information content (AvgIpc) is 2.82. The molecule has 4 bridgehead atoms. The lowest BCUT2D eigenvalue weighted by Crippen LogP contribution is -2.61. The predicted octanol–water partition coefficient (Wildman–Crippen LogP) is 1.69. The number of nitrogens with zero attached hydrogens (tertiary/aromatic N) is 2. The lowest BCUT2D eigenvalue weighted by atomic mass is 9.48. The van der Waals surface area contributed by atoms with Crippen molar-refractivity contribution in [2.45, 2.75) is 76.0 Å². The number of nitrogens with one attached hydrogen (secondary N) is 2. The van der Waals surface area contributed by atoms with Gasteiger partial charge in [-0.3, -0.25) is 4.79 Å². The highest BCUT2D eigenvalue weighted by atomic mass is 16.5. The van der Waals surface area contributed by atoms with Gasteiger partial charge in [-0.25, -0.2) is 9.59 Å². The number of likely N-dealkylation sites (tertiary alicyclic amines) is 2. The van der Waals surface area contributed by atoms with E-state index in [1.807, 2.05) is 9.80 Å². The minimum Gasteiger partial charge on any atom is -0.453 e. The highest BCUT2D eigenvalue weighted by Gasteiger charge is 2.58. The van der Waals surface area contributed by atoms with Crippen molar-refractivity contribution >= 4 is 18.0 Å². The van der Waals surface area contributed by atoms with Gasteiger partial charge in [0.1, 0.15) is 0 Å². The summed E-state index contributed by atoms with van der Waals surface area (Å²) >= 11 is 0. The summed E-state index contributed by atoms with van der Waals surface area (Å²) in [6.07, 6.45) is 7.30. The van der Waals surface area contributed by atoms with Gasteiger partial charge in [-0.05, 0) is 75.5 Å². The molecule has 2 aliphatic heterocycles. The van der Waals surface area contributed by atoms with E-state index in [0.717, 1.165) is 51.5 Å². The van der Waals surface area contributed by atoms with Crippen LogP contribution < -0.4 is 10.6 Å². The van der Waals surface area contributed by atoms with Crippen LogP contribution in [-0.2, 0) is 9.53 Å². The number of aliphatic hydroxyl groups is 1. The number of hydrogen-bond acceptors (Lipinski definition) is 5. The molecule has 6 rings (SSSR count). The third-order valence-electron chi connectivity index (χ3n) is 9.01. The van der Waals surface area contributed by atoms with Crippen molar-refractivity contribution < 1.29 is 24.2 Å². The number of hydrogen-bond donors (Lipinski definition) is 3. The van der Waals surface area contributed by atoms with Gasteiger partial charge in [0.25, 0.3) is 0 Å². The second-order valence-corrected chi connectivity index (χ2v) is 11.2. The minimum absolute atomic E-state index is 0.00772. The number of carbonyl (C=O) groups is 3. The van der Waals surface area contributed by atoms with E-state index < -0.39 is 6.09 Å². The Morgan fingerprint density at radius 1 is 0.909 bits per heavy atom. The number of piperidine rings is 2. The van der Waals surface area contributed by atoms with Crippen molar-refractivity contribution in [2.75, 3.05) is 33.3 Å². The fourth-order valence-electron chi connectivity index (χ4n) is 7.52. The van der Waals surface area contributed by atoms with E-state index in [1.54, 1.807) is 0 Å². The molecular formula is C24H38N4O5. The molecule has 6 atom stereocenters. The van der Waals surface area contributed by atoms with Crippen molar-refractivity contribution in [1.82, 2.24) is 20.4 Å². The smallest absolute Gasteiger partial charge is 0.407 e. The van der Waals surface area contributed by atoms with Gasteiger partial charge in [-0.15, -0.1) is 0 Å². The first-order valence-electron chi connectivity index (χ1n) is 12.7. The van der Waals surface area contributed by atoms with Gasteiger partial charge in [-0.2, -0.15) is 0 Å². The first kappa shape index (κ1) is 22.7. The van der Waals surface area contributed by atoms with Gasteiger partial charge < -0.3 is 30.3 Å². The monoisotopic (exact) mass is 462 g/mol. The molecule has 184 valence electrons. The summed E-state index contributed by atoms with van der Waals surface area (Å²) in [6.45, 7) is 2.49. The normalized spacial score (nSPS) is 38.2. The lowest BCUT2D eigenvalue weighted by Gasteiger charge is -2.58. The third-order valence-corrected chi connectivity index (χ3v) is 9.01. The van der Waals surface area contributed by atoms with Gasteiger partial charge in [0.05, 0.1) is 18.6 Å². The predicted molar refractivity (Wildman–Crippen MR) is 120 cm³/mol. The summed E-state index contributed by atoms with van der Waals surface area (Å²) < 4.78 is 4.66. The molecule has 4 saturated carbocycles. The third kappa shape index (κ3) is 4.40. The Hall–Kier alpha value is -2.03. The van der Waals surface area contributed by atoms with Crippen LogP contribution in [-0.4, -0.2) is 84.4 Å². The SMILES string of the molecule is COC(=O)NC1CCN(C(=O)N2CCC[C@H](NC(=O)C34CC5CC(C3)C(O)[C@H](C5)C4)C2)CC1. The quantitative estimate of drug-likeness (QED) is 0.591. The van der Waals surface area contributed by atoms with E-state index >= 15 is 0 Å². The molecule has 9 nitrogen and oxygen atoms in total. The van der Waals surface area contributed by atoms with Crippen molar-refractivity contribution in [3.05, 3.63) is 0 Å². The largest absolute Gasteiger partial charge is 0.453 e. The number of aliphatic hydroxyl groups excluding tert-OH is 1. The van der Waals surface area contributed by atoms with Gasteiger partial charge in [-0.1, -0.05) is 0 Å². The lowest BCUT2D eigenvalue weighted by molar-refractivity contribution is -0.163. The molecule has 4 unspecified atom stereocenters. The van der Waals surface area contributed by atoms with E-state index in [-0.39, 0.29) is 47.4 Å². The Labute approximate surface area is 195 Å². The molecule has 0 radical (unpaired) electrons. The fraction of sp³-hybridized carbons (Fsp3) is 0.875. The number of amides is 4. The molecule has 9 heteroatoms. The zero-order chi connectivity index (χ0) is 23.2. The van der Waals surface area contributed by atoms with Crippen molar-refractivity contribution in [1.29, 1.82) is 0 Å². The summed E-state index contributed by atoms with van der Waals surface area (Å²) in [5.74, 6) is 1.30. The number of ether oxygens (including phenoxy) is 1. The molecule has 3 N–H and O–H groups in total. The standard InChI is InChI=1S/C24H38N4O5/c1-33-22(31)26-18-4-7-27(8-5-18)23(32)28-6-2-3-19(14-28)25-21(30)24-11-15-9-16(12-24)20(29)17(10-15)13-24/h15-20,29H,2-14H2,1H3,(H,25,30)(H,26,31)/t15?,16-,17?,19+,20?,24?/m1/s1. The van der Waals surface area contributed by atoms with Crippen LogP contribution in [0.4, 0.5) is 9.59 Å². The number of urea groups is 1. The van der Waals surface area contributed by atoms with Crippen molar-refractivity contribution in [2.24, 2.45) is 23.2 Å². The molecule has 0 aromatic rings. The Kier molecular flexibility index (Phi) is 6.18. The molecule has 2 saturated heterocycles. The van der Waals surface area contributed by atoms with Gasteiger partial charge in [0.15, 0.2) is 0 Å². The highest BCUT2D eigenvalue weighted by molar-refractivity contribution is 5.83. The van der Waals surface area contributed by atoms with Gasteiger partial charge in [0, 0.05) is 38.3 Å². The number of carbonyl (C=O) groups excluding carboxylic acids is 3. The van der Waals surface area contributed by atoms with Gasteiger partial charge in [0.2, 0.25) is 5.91 Å². The van der Waals surface area contributed by atoms with Crippen LogP contribution in [0.5, 0.6) is 0 Å². The topological polar surface area (TPSA) is 111 Å². The number of alkyl carbamates (subject to hydrolysis) is 1. The molecular weight excluding hydrogens is 424 g/mol. The molecule has 0 aromatic heterocycles. The van der Waals surface area contributed by atoms with E-state index in [2.05, 4.69) is 15.4 Å². The fourth-order valence-corrected chi connectivity index (χ4v) is 7.52. The molecule has 0 spiro atoms. The van der Waals surface area contributed by atoms with Crippen LogP contribution >= 0.6 is 0 Å². The van der Waals surface area contributed by atoms with Gasteiger partial charge >= 0.3 is 12.1 Å². The van der Waals surface area contributed by atoms with Crippen LogP contribution in [0.25, 0.3) is 0 Å². The van der Waals surface area contributed by atoms with E-state index in [1.165, 1.54) is 7.11 Å². The zero-order valence-electron chi connectivity index (χ0n) is 19.6. The highest BCUT2D eigenvalue weighted by Crippen LogP contribution is 2.60. The van der Waals surface area contributed by atoms with Crippen LogP contribution in [0.15, 0.2) is 0 Å². The van der Waals surface area contributed by atoms with Crippen LogP contribution in [0, 0.1) is 23.2 Å². The maximum absolute atomic E-state index is 13.4. The molecule has 2 heterocycles. The summed E-state index contributed by atoms with van der Waals surface area (Å²) in [4.78, 5) is 41.7. The molecule has 33 heavy (non-hydrogen) atoms. The number of rotatable bonds is 3. The summed E-state index contributed by atoms with van der Waals surface area (Å²) in [7, 11) is 1.35. The minimum atomic E-state index is -0.428. The first-order valence-corrected chi connectivity index (χ1v) is 12.7. The second kappa shape index (κ2) is 8.96. The average molecular weight is 463 g/mol. The molecule has 4 aliphatic carbocycles. The zero-order valence-corrected chi connectivity index (χ0v) is 19.6. The van der Waals surface area contributed by atoms with E-state index in [0.29, 0.717) is 38.4 Å². The van der Waals surface area contributed by atoms with E-state index in [4.69, 9.17) is 0 Å². The van der Waals surface area contributed by atoms with Crippen LogP contribution in [0.3, 0.4) is 0 Å². The Morgan fingerprint density at radius 3 is 2.27 bits per heavy atom. The summed E-state index contributed by atoms with van der Waals surface area (Å²) in [6, 6.07) is 0.0590. The van der Waals surface area contributed by atoms with Crippen molar-refractivity contribution in [3.63, 3.8) is 0 Å². The summed E-state index contributed by atoms with van der Waals surface area (Å²) in [5.41, 5.74) is -0.309. The number of methoxy groups -OCH3 is 1. The maximum atomic E-state index is 13.4. The molecule has 6 fully saturated rings. The van der Waals surface area contributed by atoms with Crippen molar-refractivity contribution in [3.8, 4) is 0 Å². The Morgan fingerprint density at radius 2 is 1.61 bits per heavy atom. The Bertz CT molecular complexity index is 767. The molecule has 4 amide bonds. The Balaban J connectivity index is 1.14. The van der Waals surface area contributed by atoms with Crippen LogP contribution in [0.1, 0.15) is 57.8 Å². The maximum Gasteiger partial charge on any atom is 0.407 e. The molecule has 6 aliphatic rings. The summed E-state index contributed by atoms with van der Waals surface area (Å²) in [5, 5.41) is 16.7. The second-order valence-electron chi connectivity index (χ2n) is 11.2. The first-order chi connectivity index (χ1) is 15.9. The molecule has 0 aromatic carbocycles. The van der Waals surface area contributed by atoms with E-state index in [9.17, 15) is 19.5 Å². The van der Waals surface area contributed by atoms with Crippen LogP contribution in [0.2, 0.25) is 0 Å².